The molecule has 2 aromatic carbocycles. The summed E-state index contributed by atoms with van der Waals surface area (Å²) in [6.45, 7) is 4.12. The lowest BCUT2D eigenvalue weighted by molar-refractivity contribution is 0.403. The van der Waals surface area contributed by atoms with Gasteiger partial charge in [0.05, 0.1) is 37.7 Å². The molecule has 36 heavy (non-hydrogen) atoms. The summed E-state index contributed by atoms with van der Waals surface area (Å²) >= 11 is 5.90. The molecule has 1 N–H and O–H groups in total. The zero-order valence-corrected chi connectivity index (χ0v) is 21.3. The van der Waals surface area contributed by atoms with E-state index in [-0.39, 0.29) is 17.9 Å². The molecule has 0 spiro atoms. The molecule has 0 bridgehead atoms. The Morgan fingerprint density at radius 3 is 2.42 bits per heavy atom. The third kappa shape index (κ3) is 4.07. The van der Waals surface area contributed by atoms with Crippen molar-refractivity contribution in [1.82, 2.24) is 14.9 Å². The SMILES string of the molecule is COc1ccc(OC)c(N2C(=S)N[C@@H](c3ccccn3)[C@H]2c2cc(C)n(-c3ccc(F)cc3)c2C)c1. The van der Waals surface area contributed by atoms with Gasteiger partial charge >= 0.3 is 0 Å². The predicted octanol–water partition coefficient (Wildman–Crippen LogP) is 5.82. The highest BCUT2D eigenvalue weighted by Crippen LogP contribution is 2.47. The molecule has 184 valence electrons. The average Bonchev–Trinajstić information content (AvgIpc) is 3.39. The number of methoxy groups -OCH3 is 2. The predicted molar refractivity (Wildman–Crippen MR) is 143 cm³/mol. The van der Waals surface area contributed by atoms with E-state index in [4.69, 9.17) is 21.7 Å². The summed E-state index contributed by atoms with van der Waals surface area (Å²) in [5, 5.41) is 4.06. The number of hydrogen-bond donors (Lipinski definition) is 1. The largest absolute Gasteiger partial charge is 0.497 e. The highest BCUT2D eigenvalue weighted by molar-refractivity contribution is 7.80. The highest BCUT2D eigenvalue weighted by Gasteiger charge is 2.43. The minimum Gasteiger partial charge on any atom is -0.497 e. The van der Waals surface area contributed by atoms with Crippen molar-refractivity contribution in [1.29, 1.82) is 0 Å². The van der Waals surface area contributed by atoms with E-state index in [1.165, 1.54) is 12.1 Å². The van der Waals surface area contributed by atoms with Gasteiger partial charge in [-0.3, -0.25) is 4.98 Å². The molecule has 1 aliphatic heterocycles. The maximum atomic E-state index is 13.6. The summed E-state index contributed by atoms with van der Waals surface area (Å²) in [7, 11) is 3.28. The van der Waals surface area contributed by atoms with Crippen molar-refractivity contribution in [3.05, 3.63) is 101 Å². The molecule has 3 heterocycles. The first kappa shape index (κ1) is 23.8. The number of nitrogens with one attached hydrogen (secondary N) is 1. The van der Waals surface area contributed by atoms with Crippen LogP contribution in [0, 0.1) is 19.7 Å². The van der Waals surface area contributed by atoms with Crippen LogP contribution in [0.3, 0.4) is 0 Å². The van der Waals surface area contributed by atoms with E-state index in [0.29, 0.717) is 16.6 Å². The second kappa shape index (κ2) is 9.62. The lowest BCUT2D eigenvalue weighted by atomic mass is 9.96. The fourth-order valence-corrected chi connectivity index (χ4v) is 5.33. The number of benzene rings is 2. The zero-order chi connectivity index (χ0) is 25.4. The number of halogens is 1. The molecule has 1 fully saturated rings. The van der Waals surface area contributed by atoms with E-state index in [1.807, 2.05) is 43.3 Å². The average molecular weight is 503 g/mol. The first-order chi connectivity index (χ1) is 17.4. The van der Waals surface area contributed by atoms with Gasteiger partial charge in [-0.2, -0.15) is 0 Å². The van der Waals surface area contributed by atoms with Gasteiger partial charge in [0.15, 0.2) is 5.11 Å². The number of rotatable bonds is 6. The Morgan fingerprint density at radius 2 is 1.75 bits per heavy atom. The molecule has 2 atom stereocenters. The molecular weight excluding hydrogens is 475 g/mol. The Morgan fingerprint density at radius 1 is 0.972 bits per heavy atom. The summed E-state index contributed by atoms with van der Waals surface area (Å²) in [5.41, 5.74) is 5.70. The monoisotopic (exact) mass is 502 g/mol. The van der Waals surface area contributed by atoms with Gasteiger partial charge in [0.25, 0.3) is 0 Å². The van der Waals surface area contributed by atoms with E-state index in [1.54, 1.807) is 32.5 Å². The van der Waals surface area contributed by atoms with Gasteiger partial charge in [-0.15, -0.1) is 0 Å². The van der Waals surface area contributed by atoms with E-state index in [0.717, 1.165) is 34.0 Å². The lowest BCUT2D eigenvalue weighted by Gasteiger charge is -2.29. The molecule has 5 rings (SSSR count). The van der Waals surface area contributed by atoms with Crippen LogP contribution >= 0.6 is 12.2 Å². The minimum atomic E-state index is -0.265. The number of aromatic nitrogens is 2. The zero-order valence-electron chi connectivity index (χ0n) is 20.5. The Bertz CT molecular complexity index is 1410. The van der Waals surface area contributed by atoms with Gasteiger partial charge in [0.2, 0.25) is 0 Å². The number of ether oxygens (including phenoxy) is 2. The summed E-state index contributed by atoms with van der Waals surface area (Å²) < 4.78 is 27.0. The topological polar surface area (TPSA) is 51.6 Å². The smallest absolute Gasteiger partial charge is 0.174 e. The Kier molecular flexibility index (Phi) is 6.36. The summed E-state index contributed by atoms with van der Waals surface area (Å²) in [6, 6.07) is 19.8. The lowest BCUT2D eigenvalue weighted by Crippen LogP contribution is -2.30. The maximum absolute atomic E-state index is 13.6. The van der Waals surface area contributed by atoms with Crippen molar-refractivity contribution in [3.8, 4) is 17.2 Å². The number of pyridine rings is 1. The van der Waals surface area contributed by atoms with E-state index >= 15 is 0 Å². The summed E-state index contributed by atoms with van der Waals surface area (Å²) in [5.74, 6) is 1.11. The second-order valence-corrected chi connectivity index (χ2v) is 9.06. The third-order valence-electron chi connectivity index (χ3n) is 6.62. The van der Waals surface area contributed by atoms with Gasteiger partial charge in [-0.05, 0) is 86.2 Å². The minimum absolute atomic E-state index is 0.211. The van der Waals surface area contributed by atoms with Crippen LogP contribution < -0.4 is 19.7 Å². The second-order valence-electron chi connectivity index (χ2n) is 8.67. The van der Waals surface area contributed by atoms with Crippen molar-refractivity contribution in [3.63, 3.8) is 0 Å². The molecule has 4 aromatic rings. The maximum Gasteiger partial charge on any atom is 0.174 e. The fraction of sp³-hybridized carbons (Fsp3) is 0.214. The van der Waals surface area contributed by atoms with Crippen molar-refractivity contribution >= 4 is 23.0 Å². The quantitative estimate of drug-likeness (QED) is 0.335. The molecule has 1 saturated heterocycles. The molecular formula is C28H27FN4O2S. The number of anilines is 1. The molecule has 8 heteroatoms. The molecule has 1 aliphatic rings. The highest BCUT2D eigenvalue weighted by atomic mass is 32.1. The van der Waals surface area contributed by atoms with Gasteiger partial charge in [0.1, 0.15) is 17.3 Å². The van der Waals surface area contributed by atoms with Crippen molar-refractivity contribution in [2.45, 2.75) is 25.9 Å². The van der Waals surface area contributed by atoms with E-state index in [2.05, 4.69) is 32.8 Å². The normalized spacial score (nSPS) is 17.2. The van der Waals surface area contributed by atoms with E-state index in [9.17, 15) is 4.39 Å². The van der Waals surface area contributed by atoms with E-state index < -0.39 is 0 Å². The first-order valence-corrected chi connectivity index (χ1v) is 12.0. The van der Waals surface area contributed by atoms with Crippen LogP contribution in [0.5, 0.6) is 11.5 Å². The summed E-state index contributed by atoms with van der Waals surface area (Å²) in [4.78, 5) is 6.73. The van der Waals surface area contributed by atoms with Crippen LogP contribution in [-0.2, 0) is 0 Å². The van der Waals surface area contributed by atoms with Crippen LogP contribution in [0.25, 0.3) is 5.69 Å². The molecule has 0 aliphatic carbocycles. The van der Waals surface area contributed by atoms with Crippen molar-refractivity contribution < 1.29 is 13.9 Å². The van der Waals surface area contributed by atoms with Crippen LogP contribution in [-0.4, -0.2) is 28.9 Å². The molecule has 0 unspecified atom stereocenters. The van der Waals surface area contributed by atoms with Gasteiger partial charge in [0, 0.05) is 29.3 Å². The Labute approximate surface area is 215 Å². The molecule has 2 aromatic heterocycles. The van der Waals surface area contributed by atoms with Crippen molar-refractivity contribution in [2.24, 2.45) is 0 Å². The molecule has 6 nitrogen and oxygen atoms in total. The fourth-order valence-electron chi connectivity index (χ4n) is 4.99. The van der Waals surface area contributed by atoms with Gasteiger partial charge in [-0.25, -0.2) is 4.39 Å². The molecule has 0 saturated carbocycles. The standard InChI is InChI=1S/C28H27FN4O2S/c1-17-15-22(18(2)32(17)20-10-8-19(29)9-11-20)27-26(23-7-5-6-14-30-23)31-28(36)33(27)24-16-21(34-3)12-13-25(24)35-4/h5-16,26-27H,1-4H3,(H,31,36)/t26-,27+/m0/s1. The van der Waals surface area contributed by atoms with Crippen LogP contribution in [0.15, 0.2) is 72.9 Å². The third-order valence-corrected chi connectivity index (χ3v) is 6.93. The Balaban J connectivity index is 1.71. The molecule has 0 amide bonds. The van der Waals surface area contributed by atoms with Crippen LogP contribution in [0.2, 0.25) is 0 Å². The number of thiocarbonyl (C=S) groups is 1. The number of nitrogens with zero attached hydrogens (tertiary/aromatic N) is 3. The number of hydrogen-bond acceptors (Lipinski definition) is 4. The Hall–Kier alpha value is -3.91. The van der Waals surface area contributed by atoms with Crippen LogP contribution in [0.4, 0.5) is 10.1 Å². The van der Waals surface area contributed by atoms with Gasteiger partial charge in [-0.1, -0.05) is 6.07 Å². The molecule has 0 radical (unpaired) electrons. The van der Waals surface area contributed by atoms with Crippen LogP contribution in [0.1, 0.15) is 34.7 Å². The number of aryl methyl sites for hydroxylation is 1. The first-order valence-electron chi connectivity index (χ1n) is 11.6. The van der Waals surface area contributed by atoms with Gasteiger partial charge < -0.3 is 24.3 Å². The van der Waals surface area contributed by atoms with Crippen molar-refractivity contribution in [2.75, 3.05) is 19.1 Å². The summed E-state index contributed by atoms with van der Waals surface area (Å²) in [6.07, 6.45) is 1.79.